The number of fused-ring (bicyclic) bond motifs is 1. The molecule has 24 heavy (non-hydrogen) atoms. The molecule has 120 valence electrons. The lowest BCUT2D eigenvalue weighted by molar-refractivity contribution is 0.104. The molecule has 0 atom stereocenters. The summed E-state index contributed by atoms with van der Waals surface area (Å²) in [7, 11) is 0. The zero-order valence-corrected chi connectivity index (χ0v) is 13.5. The van der Waals surface area contributed by atoms with E-state index in [1.807, 2.05) is 36.4 Å². The second-order valence-corrected chi connectivity index (χ2v) is 5.35. The van der Waals surface area contributed by atoms with E-state index in [2.05, 4.69) is 16.9 Å². The van der Waals surface area contributed by atoms with E-state index < -0.39 is 0 Å². The van der Waals surface area contributed by atoms with Crippen LogP contribution < -0.4 is 4.74 Å². The van der Waals surface area contributed by atoms with Crippen LogP contribution >= 0.6 is 0 Å². The number of aromatic nitrogens is 2. The molecule has 0 radical (unpaired) electrons. The van der Waals surface area contributed by atoms with Crippen LogP contribution in [0.25, 0.3) is 17.1 Å². The second-order valence-electron chi connectivity index (χ2n) is 5.35. The van der Waals surface area contributed by atoms with Gasteiger partial charge in [-0.2, -0.15) is 0 Å². The van der Waals surface area contributed by atoms with Gasteiger partial charge in [0.1, 0.15) is 5.75 Å². The van der Waals surface area contributed by atoms with Crippen molar-refractivity contribution in [1.82, 2.24) is 9.97 Å². The Morgan fingerprint density at radius 2 is 1.83 bits per heavy atom. The molecule has 1 aromatic heterocycles. The molecule has 4 nitrogen and oxygen atoms in total. The van der Waals surface area contributed by atoms with Gasteiger partial charge < -0.3 is 4.74 Å². The van der Waals surface area contributed by atoms with E-state index in [0.717, 1.165) is 23.2 Å². The fraction of sp³-hybridized carbons (Fsp3) is 0.150. The number of benzene rings is 2. The largest absolute Gasteiger partial charge is 0.494 e. The molecule has 0 N–H and O–H groups in total. The lowest BCUT2D eigenvalue weighted by Gasteiger charge is -2.04. The van der Waals surface area contributed by atoms with Gasteiger partial charge in [0.2, 0.25) is 0 Å². The van der Waals surface area contributed by atoms with Crippen LogP contribution in [0, 0.1) is 0 Å². The standard InChI is InChI=1S/C20H18N2O2/c1-2-13-24-17-10-7-15(8-11-17)20(23)12-9-16-14-21-18-5-3-4-6-19(18)22-16/h3-12,14H,2,13H2,1H3/b12-9+. The molecule has 3 rings (SSSR count). The Labute approximate surface area is 140 Å². The number of para-hydroxylation sites is 2. The Hall–Kier alpha value is -3.01. The van der Waals surface area contributed by atoms with E-state index in [4.69, 9.17) is 4.74 Å². The minimum absolute atomic E-state index is 0.0769. The maximum absolute atomic E-state index is 12.2. The number of carbonyl (C=O) groups excluding carboxylic acids is 1. The fourth-order valence-electron chi connectivity index (χ4n) is 2.24. The quantitative estimate of drug-likeness (QED) is 0.502. The molecular formula is C20H18N2O2. The topological polar surface area (TPSA) is 52.1 Å². The lowest BCUT2D eigenvalue weighted by atomic mass is 10.1. The minimum atomic E-state index is -0.0769. The summed E-state index contributed by atoms with van der Waals surface area (Å²) < 4.78 is 5.51. The Bertz CT molecular complexity index is 870. The molecule has 0 fully saturated rings. The lowest BCUT2D eigenvalue weighted by Crippen LogP contribution is -1.97. The molecular weight excluding hydrogens is 300 g/mol. The van der Waals surface area contributed by atoms with Gasteiger partial charge in [-0.05, 0) is 55.0 Å². The molecule has 1 heterocycles. The molecule has 0 unspecified atom stereocenters. The summed E-state index contributed by atoms with van der Waals surface area (Å²) in [5.74, 6) is 0.699. The zero-order valence-electron chi connectivity index (χ0n) is 13.5. The van der Waals surface area contributed by atoms with Crippen molar-refractivity contribution in [2.24, 2.45) is 0 Å². The highest BCUT2D eigenvalue weighted by molar-refractivity contribution is 6.06. The van der Waals surface area contributed by atoms with Crippen molar-refractivity contribution in [3.63, 3.8) is 0 Å². The molecule has 0 aliphatic carbocycles. The molecule has 0 saturated heterocycles. The predicted octanol–water partition coefficient (Wildman–Crippen LogP) is 4.31. The average Bonchev–Trinajstić information content (AvgIpc) is 2.64. The van der Waals surface area contributed by atoms with Crippen molar-refractivity contribution in [3.05, 3.63) is 72.1 Å². The van der Waals surface area contributed by atoms with Crippen LogP contribution in [0.1, 0.15) is 29.4 Å². The SMILES string of the molecule is CCCOc1ccc(C(=O)/C=C/c2cnc3ccccc3n2)cc1. The fourth-order valence-corrected chi connectivity index (χ4v) is 2.24. The third kappa shape index (κ3) is 3.84. The smallest absolute Gasteiger partial charge is 0.185 e. The van der Waals surface area contributed by atoms with Crippen LogP contribution in [-0.2, 0) is 0 Å². The second kappa shape index (κ2) is 7.51. The van der Waals surface area contributed by atoms with Gasteiger partial charge in [0.25, 0.3) is 0 Å². The Kier molecular flexibility index (Phi) is 4.96. The Balaban J connectivity index is 1.71. The Morgan fingerprint density at radius 1 is 1.08 bits per heavy atom. The van der Waals surface area contributed by atoms with Crippen molar-refractivity contribution >= 4 is 22.9 Å². The molecule has 2 aromatic carbocycles. The number of hydrogen-bond donors (Lipinski definition) is 0. The highest BCUT2D eigenvalue weighted by atomic mass is 16.5. The van der Waals surface area contributed by atoms with Crippen molar-refractivity contribution in [2.75, 3.05) is 6.61 Å². The minimum Gasteiger partial charge on any atom is -0.494 e. The van der Waals surface area contributed by atoms with Gasteiger partial charge in [-0.3, -0.25) is 9.78 Å². The van der Waals surface area contributed by atoms with Crippen LogP contribution in [0.3, 0.4) is 0 Å². The van der Waals surface area contributed by atoms with Gasteiger partial charge >= 0.3 is 0 Å². The van der Waals surface area contributed by atoms with E-state index in [1.54, 1.807) is 24.4 Å². The first kappa shape index (κ1) is 15.9. The van der Waals surface area contributed by atoms with Crippen LogP contribution in [0.4, 0.5) is 0 Å². The summed E-state index contributed by atoms with van der Waals surface area (Å²) in [4.78, 5) is 21.0. The van der Waals surface area contributed by atoms with Gasteiger partial charge in [0, 0.05) is 5.56 Å². The summed E-state index contributed by atoms with van der Waals surface area (Å²) in [6.07, 6.45) is 5.81. The van der Waals surface area contributed by atoms with Gasteiger partial charge in [0.15, 0.2) is 5.78 Å². The maximum Gasteiger partial charge on any atom is 0.185 e. The van der Waals surface area contributed by atoms with Crippen LogP contribution in [-0.4, -0.2) is 22.4 Å². The first-order valence-electron chi connectivity index (χ1n) is 7.93. The van der Waals surface area contributed by atoms with Crippen molar-refractivity contribution < 1.29 is 9.53 Å². The van der Waals surface area contributed by atoms with E-state index >= 15 is 0 Å². The Morgan fingerprint density at radius 3 is 2.58 bits per heavy atom. The molecule has 4 heteroatoms. The molecule has 0 bridgehead atoms. The molecule has 0 saturated carbocycles. The molecule has 0 spiro atoms. The maximum atomic E-state index is 12.2. The number of allylic oxidation sites excluding steroid dienone is 1. The third-order valence-electron chi connectivity index (χ3n) is 3.48. The molecule has 0 aliphatic heterocycles. The van der Waals surface area contributed by atoms with Crippen molar-refractivity contribution in [3.8, 4) is 5.75 Å². The van der Waals surface area contributed by atoms with E-state index in [9.17, 15) is 4.79 Å². The zero-order chi connectivity index (χ0) is 16.8. The number of rotatable bonds is 6. The van der Waals surface area contributed by atoms with Gasteiger partial charge in [-0.15, -0.1) is 0 Å². The number of ether oxygens (including phenoxy) is 1. The number of hydrogen-bond acceptors (Lipinski definition) is 4. The molecule has 0 amide bonds. The molecule has 3 aromatic rings. The summed E-state index contributed by atoms with van der Waals surface area (Å²) in [5.41, 5.74) is 2.92. The predicted molar refractivity (Wildman–Crippen MR) is 95.1 cm³/mol. The van der Waals surface area contributed by atoms with Crippen LogP contribution in [0.15, 0.2) is 60.8 Å². The van der Waals surface area contributed by atoms with Gasteiger partial charge in [-0.1, -0.05) is 19.1 Å². The highest BCUT2D eigenvalue weighted by Gasteiger charge is 2.03. The van der Waals surface area contributed by atoms with E-state index in [1.165, 1.54) is 6.08 Å². The monoisotopic (exact) mass is 318 g/mol. The summed E-state index contributed by atoms with van der Waals surface area (Å²) in [6.45, 7) is 2.73. The summed E-state index contributed by atoms with van der Waals surface area (Å²) in [6, 6.07) is 14.8. The van der Waals surface area contributed by atoms with E-state index in [0.29, 0.717) is 17.9 Å². The van der Waals surface area contributed by atoms with Crippen molar-refractivity contribution in [1.29, 1.82) is 0 Å². The first-order valence-corrected chi connectivity index (χ1v) is 7.93. The van der Waals surface area contributed by atoms with E-state index in [-0.39, 0.29) is 5.78 Å². The number of carbonyl (C=O) groups is 1. The summed E-state index contributed by atoms with van der Waals surface area (Å²) in [5, 5.41) is 0. The number of nitrogens with zero attached hydrogens (tertiary/aromatic N) is 2. The normalized spacial score (nSPS) is 11.0. The van der Waals surface area contributed by atoms with Gasteiger partial charge in [0.05, 0.1) is 29.5 Å². The molecule has 0 aliphatic rings. The van der Waals surface area contributed by atoms with Crippen LogP contribution in [0.2, 0.25) is 0 Å². The van der Waals surface area contributed by atoms with Crippen LogP contribution in [0.5, 0.6) is 5.75 Å². The van der Waals surface area contributed by atoms with Crippen molar-refractivity contribution in [2.45, 2.75) is 13.3 Å². The third-order valence-corrected chi connectivity index (χ3v) is 3.48. The highest BCUT2D eigenvalue weighted by Crippen LogP contribution is 2.14. The average molecular weight is 318 g/mol. The number of ketones is 1. The first-order chi connectivity index (χ1) is 11.8. The van der Waals surface area contributed by atoms with Gasteiger partial charge in [-0.25, -0.2) is 4.98 Å². The summed E-state index contributed by atoms with van der Waals surface area (Å²) >= 11 is 0.